The van der Waals surface area contributed by atoms with Crippen molar-refractivity contribution in [1.29, 1.82) is 0 Å². The minimum Gasteiger partial charge on any atom is -0.493 e. The maximum absolute atomic E-state index is 13.0. The van der Waals surface area contributed by atoms with Gasteiger partial charge in [0, 0.05) is 25.7 Å². The molecule has 5 nitrogen and oxygen atoms in total. The van der Waals surface area contributed by atoms with Crippen LogP contribution in [0.4, 0.5) is 0 Å². The van der Waals surface area contributed by atoms with Crippen LogP contribution in [0, 0.1) is 0 Å². The lowest BCUT2D eigenvalue weighted by atomic mass is 9.94. The summed E-state index contributed by atoms with van der Waals surface area (Å²) in [6, 6.07) is 15.2. The lowest BCUT2D eigenvalue weighted by Crippen LogP contribution is -2.35. The van der Waals surface area contributed by atoms with Crippen LogP contribution < -0.4 is 10.4 Å². The molecule has 0 saturated carbocycles. The zero-order valence-electron chi connectivity index (χ0n) is 23.4. The lowest BCUT2D eigenvalue weighted by molar-refractivity contribution is 0.247. The van der Waals surface area contributed by atoms with Gasteiger partial charge in [0.15, 0.2) is 0 Å². The molecule has 3 aromatic rings. The van der Waals surface area contributed by atoms with E-state index in [4.69, 9.17) is 18.0 Å². The summed E-state index contributed by atoms with van der Waals surface area (Å²) < 4.78 is 22.8. The predicted molar refractivity (Wildman–Crippen MR) is 155 cm³/mol. The van der Waals surface area contributed by atoms with Gasteiger partial charge < -0.3 is 18.0 Å². The van der Waals surface area contributed by atoms with Gasteiger partial charge in [0.2, 0.25) is 0 Å². The molecule has 2 aromatic carbocycles. The Morgan fingerprint density at radius 1 is 0.838 bits per heavy atom. The smallest absolute Gasteiger partial charge is 0.344 e. The number of ether oxygens (including phenoxy) is 1. The van der Waals surface area contributed by atoms with E-state index in [1.54, 1.807) is 14.2 Å². The topological polar surface area (TPSA) is 57.9 Å². The first kappa shape index (κ1) is 29.1. The van der Waals surface area contributed by atoms with E-state index in [1.165, 1.54) is 30.4 Å². The molecule has 6 heteroatoms. The molecule has 1 heterocycles. The van der Waals surface area contributed by atoms with Crippen LogP contribution in [0.5, 0.6) is 5.75 Å². The first-order valence-corrected chi connectivity index (χ1v) is 16.4. The van der Waals surface area contributed by atoms with Gasteiger partial charge in [-0.15, -0.1) is 0 Å². The highest BCUT2D eigenvalue weighted by Crippen LogP contribution is 2.28. The van der Waals surface area contributed by atoms with Crippen LogP contribution >= 0.6 is 0 Å². The summed E-state index contributed by atoms with van der Waals surface area (Å²) in [5.41, 5.74) is 4.38. The summed E-state index contributed by atoms with van der Waals surface area (Å²) in [5.74, 6) is 0.729. The first-order chi connectivity index (χ1) is 17.9. The van der Waals surface area contributed by atoms with Crippen LogP contribution in [0.2, 0.25) is 12.6 Å². The molecule has 3 rings (SSSR count). The SMILES string of the molecule is CCCCCc1ccc(-c2cc3ccc(OCCCCCC[Si](C)(OC)OC)cc3oc2=O)c(CC)c1. The maximum atomic E-state index is 13.0. The van der Waals surface area contributed by atoms with Crippen molar-refractivity contribution < 1.29 is 18.0 Å². The van der Waals surface area contributed by atoms with Gasteiger partial charge >= 0.3 is 14.2 Å². The third-order valence-electron chi connectivity index (χ3n) is 7.27. The molecule has 202 valence electrons. The van der Waals surface area contributed by atoms with Crippen LogP contribution in [-0.2, 0) is 21.7 Å². The number of rotatable bonds is 16. The van der Waals surface area contributed by atoms with Gasteiger partial charge in [-0.1, -0.05) is 64.2 Å². The Hall–Kier alpha value is -2.41. The molecule has 0 saturated heterocycles. The quantitative estimate of drug-likeness (QED) is 0.108. The highest BCUT2D eigenvalue weighted by atomic mass is 28.4. The Kier molecular flexibility index (Phi) is 11.4. The van der Waals surface area contributed by atoms with E-state index in [2.05, 4.69) is 38.6 Å². The number of hydrogen-bond acceptors (Lipinski definition) is 5. The first-order valence-electron chi connectivity index (χ1n) is 13.9. The standard InChI is InChI=1S/C31H44O5Si/c1-6-8-11-14-24-15-18-28(25(7-2)21-24)29-22-26-16-17-27(23-30(26)36-31(29)32)35-19-12-9-10-13-20-37(5,33-3)34-4/h15-18,21-23H,6-14,19-20H2,1-5H3. The van der Waals surface area contributed by atoms with Crippen LogP contribution in [0.25, 0.3) is 22.1 Å². The van der Waals surface area contributed by atoms with Crippen molar-refractivity contribution in [3.05, 3.63) is 64.0 Å². The van der Waals surface area contributed by atoms with Crippen LogP contribution in [-0.4, -0.2) is 29.4 Å². The highest BCUT2D eigenvalue weighted by Gasteiger charge is 2.27. The number of fused-ring (bicyclic) bond motifs is 1. The third kappa shape index (κ3) is 8.29. The van der Waals surface area contributed by atoms with E-state index in [1.807, 2.05) is 24.3 Å². The van der Waals surface area contributed by atoms with Crippen molar-refractivity contribution in [2.75, 3.05) is 20.8 Å². The van der Waals surface area contributed by atoms with Crippen molar-refractivity contribution in [2.24, 2.45) is 0 Å². The molecule has 0 atom stereocenters. The van der Waals surface area contributed by atoms with E-state index in [0.29, 0.717) is 17.8 Å². The molecular weight excluding hydrogens is 480 g/mol. The van der Waals surface area contributed by atoms with Crippen LogP contribution in [0.1, 0.15) is 69.9 Å². The zero-order chi connectivity index (χ0) is 26.7. The Morgan fingerprint density at radius 2 is 1.62 bits per heavy atom. The fourth-order valence-electron chi connectivity index (χ4n) is 4.69. The van der Waals surface area contributed by atoms with Crippen LogP contribution in [0.15, 0.2) is 51.7 Å². The summed E-state index contributed by atoms with van der Waals surface area (Å²) in [6.45, 7) is 7.10. The number of unbranched alkanes of at least 4 members (excludes halogenated alkanes) is 5. The zero-order valence-corrected chi connectivity index (χ0v) is 24.4. The molecule has 0 unspecified atom stereocenters. The molecule has 1 aromatic heterocycles. The normalized spacial score (nSPS) is 11.8. The maximum Gasteiger partial charge on any atom is 0.344 e. The summed E-state index contributed by atoms with van der Waals surface area (Å²) >= 11 is 0. The molecule has 37 heavy (non-hydrogen) atoms. The number of hydrogen-bond donors (Lipinski definition) is 0. The van der Waals surface area contributed by atoms with Crippen molar-refractivity contribution in [3.8, 4) is 16.9 Å². The minimum absolute atomic E-state index is 0.305. The minimum atomic E-state index is -1.96. The Labute approximate surface area is 223 Å². The fraction of sp³-hybridized carbons (Fsp3) is 0.516. The van der Waals surface area contributed by atoms with Gasteiger partial charge in [-0.05, 0) is 73.2 Å². The van der Waals surface area contributed by atoms with Gasteiger partial charge in [-0.3, -0.25) is 0 Å². The average Bonchev–Trinajstić information content (AvgIpc) is 2.92. The van der Waals surface area contributed by atoms with Gasteiger partial charge in [-0.2, -0.15) is 0 Å². The highest BCUT2D eigenvalue weighted by molar-refractivity contribution is 6.65. The van der Waals surface area contributed by atoms with E-state index in [0.717, 1.165) is 61.3 Å². The fourth-order valence-corrected chi connectivity index (χ4v) is 6.15. The van der Waals surface area contributed by atoms with Crippen LogP contribution in [0.3, 0.4) is 0 Å². The second-order valence-electron chi connectivity index (χ2n) is 10.0. The molecule has 0 aliphatic carbocycles. The molecular formula is C31H44O5Si. The average molecular weight is 525 g/mol. The summed E-state index contributed by atoms with van der Waals surface area (Å²) in [7, 11) is 1.53. The monoisotopic (exact) mass is 524 g/mol. The molecule has 0 aliphatic rings. The van der Waals surface area contributed by atoms with E-state index in [-0.39, 0.29) is 5.63 Å². The molecule has 0 radical (unpaired) electrons. The Balaban J connectivity index is 1.60. The second-order valence-corrected chi connectivity index (χ2v) is 13.6. The summed E-state index contributed by atoms with van der Waals surface area (Å²) in [4.78, 5) is 13.0. The lowest BCUT2D eigenvalue weighted by Gasteiger charge is -2.22. The van der Waals surface area contributed by atoms with Gasteiger partial charge in [0.05, 0.1) is 12.2 Å². The Bertz CT molecular complexity index is 1180. The van der Waals surface area contributed by atoms with Crippen molar-refractivity contribution in [1.82, 2.24) is 0 Å². The molecule has 0 bridgehead atoms. The molecule has 0 fully saturated rings. The van der Waals surface area contributed by atoms with Gasteiger partial charge in [0.1, 0.15) is 11.3 Å². The van der Waals surface area contributed by atoms with Gasteiger partial charge in [-0.25, -0.2) is 4.79 Å². The van der Waals surface area contributed by atoms with E-state index < -0.39 is 8.56 Å². The number of aryl methyl sites for hydroxylation is 2. The number of benzene rings is 2. The van der Waals surface area contributed by atoms with E-state index >= 15 is 0 Å². The van der Waals surface area contributed by atoms with Crippen molar-refractivity contribution in [3.63, 3.8) is 0 Å². The third-order valence-corrected chi connectivity index (χ3v) is 10.3. The predicted octanol–water partition coefficient (Wildman–Crippen LogP) is 8.06. The van der Waals surface area contributed by atoms with E-state index in [9.17, 15) is 4.79 Å². The molecule has 0 spiro atoms. The largest absolute Gasteiger partial charge is 0.493 e. The van der Waals surface area contributed by atoms with Crippen molar-refractivity contribution >= 4 is 19.5 Å². The van der Waals surface area contributed by atoms with Gasteiger partial charge in [0.25, 0.3) is 0 Å². The molecule has 0 aliphatic heterocycles. The molecule has 0 amide bonds. The summed E-state index contributed by atoms with van der Waals surface area (Å²) in [6.07, 6.45) is 9.94. The second kappa shape index (κ2) is 14.5. The molecule has 0 N–H and O–H groups in total. The Morgan fingerprint density at radius 3 is 2.35 bits per heavy atom. The summed E-state index contributed by atoms with van der Waals surface area (Å²) in [5, 5.41) is 0.902. The van der Waals surface area contributed by atoms with Crippen molar-refractivity contribution in [2.45, 2.75) is 84.2 Å².